The van der Waals surface area contributed by atoms with Crippen LogP contribution in [0.4, 0.5) is 5.69 Å². The Morgan fingerprint density at radius 3 is 2.43 bits per heavy atom. The second kappa shape index (κ2) is 12.2. The smallest absolute Gasteiger partial charge is 0.191 e. The third kappa shape index (κ3) is 7.03. The van der Waals surface area contributed by atoms with Gasteiger partial charge >= 0.3 is 0 Å². The van der Waals surface area contributed by atoms with Gasteiger partial charge in [0.2, 0.25) is 0 Å². The normalized spacial score (nSPS) is 21.5. The Morgan fingerprint density at radius 1 is 1.11 bits per heavy atom. The fourth-order valence-electron chi connectivity index (χ4n) is 3.81. The van der Waals surface area contributed by atoms with Crippen LogP contribution < -0.4 is 15.5 Å². The minimum absolute atomic E-state index is 0. The zero-order valence-electron chi connectivity index (χ0n) is 17.0. The molecule has 1 aromatic carbocycles. The Balaban J connectivity index is 0.00000280. The molecule has 2 aliphatic rings. The summed E-state index contributed by atoms with van der Waals surface area (Å²) in [5.74, 6) is 0.921. The van der Waals surface area contributed by atoms with Gasteiger partial charge in [-0.3, -0.25) is 9.89 Å². The van der Waals surface area contributed by atoms with Crippen molar-refractivity contribution in [1.29, 1.82) is 0 Å². The number of piperazine rings is 1. The first kappa shape index (κ1) is 23.7. The van der Waals surface area contributed by atoms with Crippen molar-refractivity contribution in [3.8, 4) is 0 Å². The lowest BCUT2D eigenvalue weighted by Crippen LogP contribution is -2.50. The maximum absolute atomic E-state index is 4.41. The quantitative estimate of drug-likeness (QED) is 0.316. The molecule has 3 rings (SSSR count). The van der Waals surface area contributed by atoms with Crippen LogP contribution in [0.15, 0.2) is 33.7 Å². The molecule has 0 spiro atoms. The Kier molecular flexibility index (Phi) is 10.3. The van der Waals surface area contributed by atoms with Crippen molar-refractivity contribution >= 4 is 51.6 Å². The van der Waals surface area contributed by atoms with Gasteiger partial charge in [0.1, 0.15) is 0 Å². The number of hydrogen-bond donors (Lipinski definition) is 2. The van der Waals surface area contributed by atoms with Crippen LogP contribution in [0.3, 0.4) is 0 Å². The molecule has 28 heavy (non-hydrogen) atoms. The van der Waals surface area contributed by atoms with Gasteiger partial charge in [-0.15, -0.1) is 24.0 Å². The molecule has 0 aromatic heterocycles. The van der Waals surface area contributed by atoms with E-state index in [0.29, 0.717) is 6.04 Å². The molecular formula is C20H34BrIN6. The summed E-state index contributed by atoms with van der Waals surface area (Å²) in [4.78, 5) is 11.9. The topological polar surface area (TPSA) is 46.1 Å². The van der Waals surface area contributed by atoms with Crippen LogP contribution in [-0.2, 0) is 0 Å². The predicted octanol–water partition coefficient (Wildman–Crippen LogP) is 2.45. The van der Waals surface area contributed by atoms with Crippen LogP contribution in [0.1, 0.15) is 13.3 Å². The summed E-state index contributed by atoms with van der Waals surface area (Å²) in [5.41, 5.74) is 1.29. The van der Waals surface area contributed by atoms with Crippen molar-refractivity contribution in [2.45, 2.75) is 19.4 Å². The highest BCUT2D eigenvalue weighted by Crippen LogP contribution is 2.22. The molecule has 2 aliphatic heterocycles. The summed E-state index contributed by atoms with van der Waals surface area (Å²) in [6, 6.07) is 9.01. The number of nitrogens with one attached hydrogen (secondary N) is 2. The lowest BCUT2D eigenvalue weighted by molar-refractivity contribution is 0.139. The molecule has 1 atom stereocenters. The van der Waals surface area contributed by atoms with Gasteiger partial charge in [0, 0.05) is 75.6 Å². The second-order valence-electron chi connectivity index (χ2n) is 7.33. The van der Waals surface area contributed by atoms with E-state index in [1.54, 1.807) is 0 Å². The number of benzene rings is 1. The van der Waals surface area contributed by atoms with Crippen molar-refractivity contribution in [2.75, 3.05) is 70.9 Å². The SMILES string of the molecule is CCN1CCN(CCNC(=NC)NC2CCN(c3ccc(Br)cc3)C2)CC1.I. The maximum Gasteiger partial charge on any atom is 0.191 e. The van der Waals surface area contributed by atoms with E-state index in [2.05, 4.69) is 77.4 Å². The standard InChI is InChI=1S/C20H33BrN6.HI/c1-3-25-12-14-26(15-13-25)11-9-23-20(22-2)24-18-8-10-27(16-18)19-6-4-17(21)5-7-19;/h4-7,18H,3,8-16H2,1-2H3,(H2,22,23,24);1H. The van der Waals surface area contributed by atoms with E-state index in [1.165, 1.54) is 38.4 Å². The summed E-state index contributed by atoms with van der Waals surface area (Å²) in [5, 5.41) is 7.08. The van der Waals surface area contributed by atoms with Gasteiger partial charge in [0.15, 0.2) is 5.96 Å². The van der Waals surface area contributed by atoms with Gasteiger partial charge < -0.3 is 20.4 Å². The number of guanidine groups is 1. The van der Waals surface area contributed by atoms with Crippen molar-refractivity contribution in [3.63, 3.8) is 0 Å². The van der Waals surface area contributed by atoms with Crippen LogP contribution in [0.2, 0.25) is 0 Å². The summed E-state index contributed by atoms with van der Waals surface area (Å²) in [7, 11) is 1.86. The molecule has 2 heterocycles. The van der Waals surface area contributed by atoms with Crippen molar-refractivity contribution < 1.29 is 0 Å². The van der Waals surface area contributed by atoms with Gasteiger partial charge in [0.05, 0.1) is 0 Å². The molecule has 0 aliphatic carbocycles. The third-order valence-electron chi connectivity index (χ3n) is 5.58. The van der Waals surface area contributed by atoms with Crippen molar-refractivity contribution in [2.24, 2.45) is 4.99 Å². The molecule has 158 valence electrons. The number of anilines is 1. The molecular weight excluding hydrogens is 531 g/mol. The summed E-state index contributed by atoms with van der Waals surface area (Å²) >= 11 is 3.51. The zero-order valence-corrected chi connectivity index (χ0v) is 20.9. The molecule has 8 heteroatoms. The average molecular weight is 565 g/mol. The van der Waals surface area contributed by atoms with E-state index in [1.807, 2.05) is 7.05 Å². The first-order chi connectivity index (χ1) is 13.2. The maximum atomic E-state index is 4.41. The molecule has 1 unspecified atom stereocenters. The van der Waals surface area contributed by atoms with Gasteiger partial charge in [-0.2, -0.15) is 0 Å². The number of nitrogens with zero attached hydrogens (tertiary/aromatic N) is 4. The summed E-state index contributed by atoms with van der Waals surface area (Å²) < 4.78 is 1.13. The highest BCUT2D eigenvalue weighted by atomic mass is 127. The first-order valence-corrected chi connectivity index (χ1v) is 10.9. The molecule has 0 bridgehead atoms. The van der Waals surface area contributed by atoms with E-state index in [-0.39, 0.29) is 24.0 Å². The van der Waals surface area contributed by atoms with Crippen molar-refractivity contribution in [1.82, 2.24) is 20.4 Å². The zero-order chi connectivity index (χ0) is 19.1. The van der Waals surface area contributed by atoms with E-state index >= 15 is 0 Å². The Hall–Kier alpha value is -0.580. The molecule has 1 aromatic rings. The van der Waals surface area contributed by atoms with Crippen LogP contribution in [0.25, 0.3) is 0 Å². The van der Waals surface area contributed by atoms with Crippen LogP contribution in [-0.4, -0.2) is 87.8 Å². The predicted molar refractivity (Wildman–Crippen MR) is 133 cm³/mol. The van der Waals surface area contributed by atoms with E-state index in [4.69, 9.17) is 0 Å². The monoisotopic (exact) mass is 564 g/mol. The molecule has 0 saturated carbocycles. The second-order valence-corrected chi connectivity index (χ2v) is 8.24. The minimum atomic E-state index is 0. The highest BCUT2D eigenvalue weighted by molar-refractivity contribution is 14.0. The number of aliphatic imine (C=N–C) groups is 1. The average Bonchev–Trinajstić information content (AvgIpc) is 3.17. The minimum Gasteiger partial charge on any atom is -0.369 e. The molecule has 2 fully saturated rings. The molecule has 0 radical (unpaired) electrons. The lowest BCUT2D eigenvalue weighted by atomic mass is 10.2. The molecule has 2 N–H and O–H groups in total. The molecule has 0 amide bonds. The number of hydrogen-bond acceptors (Lipinski definition) is 4. The van der Waals surface area contributed by atoms with E-state index < -0.39 is 0 Å². The molecule has 6 nitrogen and oxygen atoms in total. The summed E-state index contributed by atoms with van der Waals surface area (Å²) in [6.07, 6.45) is 1.13. The fraction of sp³-hybridized carbons (Fsp3) is 0.650. The first-order valence-electron chi connectivity index (χ1n) is 10.1. The van der Waals surface area contributed by atoms with Crippen LogP contribution >= 0.6 is 39.9 Å². The number of likely N-dealkylation sites (N-methyl/N-ethyl adjacent to an activating group) is 1. The fourth-order valence-corrected chi connectivity index (χ4v) is 4.08. The van der Waals surface area contributed by atoms with Gasteiger partial charge in [0.25, 0.3) is 0 Å². The third-order valence-corrected chi connectivity index (χ3v) is 6.11. The number of rotatable bonds is 6. The van der Waals surface area contributed by atoms with Crippen molar-refractivity contribution in [3.05, 3.63) is 28.7 Å². The van der Waals surface area contributed by atoms with Gasteiger partial charge in [-0.1, -0.05) is 22.9 Å². The number of halogens is 2. The lowest BCUT2D eigenvalue weighted by Gasteiger charge is -2.34. The Bertz CT molecular complexity index is 603. The largest absolute Gasteiger partial charge is 0.369 e. The Morgan fingerprint density at radius 2 is 1.79 bits per heavy atom. The van der Waals surface area contributed by atoms with E-state index in [0.717, 1.165) is 43.0 Å². The van der Waals surface area contributed by atoms with Gasteiger partial charge in [-0.25, -0.2) is 0 Å². The van der Waals surface area contributed by atoms with Crippen LogP contribution in [0, 0.1) is 0 Å². The molecule has 2 saturated heterocycles. The van der Waals surface area contributed by atoms with Crippen LogP contribution in [0.5, 0.6) is 0 Å². The van der Waals surface area contributed by atoms with Gasteiger partial charge in [-0.05, 0) is 37.2 Å². The summed E-state index contributed by atoms with van der Waals surface area (Å²) in [6.45, 7) is 12.3. The van der Waals surface area contributed by atoms with E-state index in [9.17, 15) is 0 Å². The highest BCUT2D eigenvalue weighted by Gasteiger charge is 2.23. The Labute approximate surface area is 195 Å².